The minimum absolute atomic E-state index is 0.907. The maximum absolute atomic E-state index is 4.42. The molecule has 0 aliphatic carbocycles. The van der Waals surface area contributed by atoms with Gasteiger partial charge in [0, 0.05) is 38.6 Å². The monoisotopic (exact) mass is 246 g/mol. The first-order valence-electron chi connectivity index (χ1n) is 6.94. The molecule has 0 radical (unpaired) electrons. The van der Waals surface area contributed by atoms with Gasteiger partial charge in [0.1, 0.15) is 0 Å². The summed E-state index contributed by atoms with van der Waals surface area (Å²) in [5.41, 5.74) is 1.13. The van der Waals surface area contributed by atoms with Crippen LogP contribution in [0, 0.1) is 18.8 Å². The van der Waals surface area contributed by atoms with E-state index in [0.717, 1.165) is 36.4 Å². The van der Waals surface area contributed by atoms with E-state index in [1.165, 1.54) is 25.9 Å². The third-order valence-corrected chi connectivity index (χ3v) is 4.35. The fraction of sp³-hybridized carbons (Fsp3) is 0.714. The van der Waals surface area contributed by atoms with Crippen LogP contribution < -0.4 is 4.90 Å². The normalized spacial score (nSPS) is 23.1. The Kier molecular flexibility index (Phi) is 3.20. The Morgan fingerprint density at radius 2 is 1.67 bits per heavy atom. The first-order valence-corrected chi connectivity index (χ1v) is 6.94. The van der Waals surface area contributed by atoms with Crippen molar-refractivity contribution in [1.82, 2.24) is 14.9 Å². The van der Waals surface area contributed by atoms with E-state index in [1.807, 2.05) is 19.3 Å². The molecule has 3 rings (SSSR count). The predicted octanol–water partition coefficient (Wildman–Crippen LogP) is 1.56. The van der Waals surface area contributed by atoms with Crippen molar-refractivity contribution in [3.8, 4) is 0 Å². The van der Waals surface area contributed by atoms with Gasteiger partial charge in [0.15, 0.2) is 0 Å². The zero-order valence-corrected chi connectivity index (χ0v) is 11.3. The largest absolute Gasteiger partial charge is 0.341 e. The average molecular weight is 246 g/mol. The topological polar surface area (TPSA) is 32.3 Å². The molecule has 4 heteroatoms. The van der Waals surface area contributed by atoms with Crippen LogP contribution in [0.25, 0.3) is 0 Å². The molecule has 0 amide bonds. The maximum Gasteiger partial charge on any atom is 0.225 e. The van der Waals surface area contributed by atoms with E-state index in [-0.39, 0.29) is 0 Å². The van der Waals surface area contributed by atoms with Crippen LogP contribution >= 0.6 is 0 Å². The van der Waals surface area contributed by atoms with Crippen molar-refractivity contribution >= 4 is 5.95 Å². The molecule has 4 nitrogen and oxygen atoms in total. The molecule has 2 aliphatic rings. The molecular formula is C14H22N4. The summed E-state index contributed by atoms with van der Waals surface area (Å²) in [6.07, 6.45) is 6.43. The maximum atomic E-state index is 4.42. The number of hydrogen-bond acceptors (Lipinski definition) is 4. The molecule has 98 valence electrons. The van der Waals surface area contributed by atoms with E-state index >= 15 is 0 Å². The summed E-state index contributed by atoms with van der Waals surface area (Å²) >= 11 is 0. The van der Waals surface area contributed by atoms with Crippen LogP contribution in [0.5, 0.6) is 0 Å². The number of anilines is 1. The first-order chi connectivity index (χ1) is 8.72. The molecule has 0 bridgehead atoms. The molecule has 0 spiro atoms. The quantitative estimate of drug-likeness (QED) is 0.793. The van der Waals surface area contributed by atoms with Gasteiger partial charge in [0.25, 0.3) is 0 Å². The lowest BCUT2D eigenvalue weighted by atomic mass is 9.80. The summed E-state index contributed by atoms with van der Waals surface area (Å²) in [4.78, 5) is 13.6. The van der Waals surface area contributed by atoms with Gasteiger partial charge in [-0.2, -0.15) is 0 Å². The molecule has 1 aromatic rings. The zero-order valence-electron chi connectivity index (χ0n) is 11.3. The Bertz CT molecular complexity index is 389. The molecule has 0 aromatic carbocycles. The molecule has 0 N–H and O–H groups in total. The van der Waals surface area contributed by atoms with Crippen molar-refractivity contribution < 1.29 is 0 Å². The smallest absolute Gasteiger partial charge is 0.225 e. The average Bonchev–Trinajstić information content (AvgIpc) is 2.36. The van der Waals surface area contributed by atoms with E-state index in [0.29, 0.717) is 0 Å². The van der Waals surface area contributed by atoms with Gasteiger partial charge in [-0.1, -0.05) is 0 Å². The number of hydrogen-bond donors (Lipinski definition) is 0. The van der Waals surface area contributed by atoms with Crippen LogP contribution in [0.2, 0.25) is 0 Å². The summed E-state index contributed by atoms with van der Waals surface area (Å²) in [7, 11) is 2.21. The van der Waals surface area contributed by atoms with E-state index in [1.54, 1.807) is 0 Å². The highest BCUT2D eigenvalue weighted by molar-refractivity contribution is 5.30. The van der Waals surface area contributed by atoms with Gasteiger partial charge in [0.05, 0.1) is 0 Å². The predicted molar refractivity (Wildman–Crippen MR) is 72.7 cm³/mol. The molecule has 2 fully saturated rings. The van der Waals surface area contributed by atoms with Crippen LogP contribution in [0.1, 0.15) is 18.4 Å². The first kappa shape index (κ1) is 11.9. The molecule has 0 unspecified atom stereocenters. The van der Waals surface area contributed by atoms with E-state index in [9.17, 15) is 0 Å². The molecule has 3 heterocycles. The molecule has 2 saturated heterocycles. The van der Waals surface area contributed by atoms with Crippen LogP contribution in [-0.2, 0) is 0 Å². The number of likely N-dealkylation sites (tertiary alicyclic amines) is 1. The minimum Gasteiger partial charge on any atom is -0.341 e. The van der Waals surface area contributed by atoms with Crippen LogP contribution in [-0.4, -0.2) is 48.1 Å². The Morgan fingerprint density at radius 3 is 2.22 bits per heavy atom. The van der Waals surface area contributed by atoms with Gasteiger partial charge >= 0.3 is 0 Å². The van der Waals surface area contributed by atoms with Gasteiger partial charge in [-0.3, -0.25) is 0 Å². The minimum atomic E-state index is 0.907. The Morgan fingerprint density at radius 1 is 1.06 bits per heavy atom. The molecule has 0 saturated carbocycles. The molecule has 1 aromatic heterocycles. The molecular weight excluding hydrogens is 224 g/mol. The third-order valence-electron chi connectivity index (χ3n) is 4.35. The number of aromatic nitrogens is 2. The summed E-state index contributed by atoms with van der Waals surface area (Å²) in [5.74, 6) is 2.77. The lowest BCUT2D eigenvalue weighted by Crippen LogP contribution is -2.50. The fourth-order valence-corrected chi connectivity index (χ4v) is 3.17. The second-order valence-electron chi connectivity index (χ2n) is 5.87. The van der Waals surface area contributed by atoms with E-state index < -0.39 is 0 Å². The van der Waals surface area contributed by atoms with Crippen molar-refractivity contribution in [3.05, 3.63) is 18.0 Å². The number of rotatable bonds is 2. The van der Waals surface area contributed by atoms with Gasteiger partial charge in [-0.05, 0) is 44.2 Å². The Hall–Kier alpha value is -1.16. The Labute approximate surface area is 109 Å². The van der Waals surface area contributed by atoms with Gasteiger partial charge in [-0.15, -0.1) is 0 Å². The van der Waals surface area contributed by atoms with Crippen molar-refractivity contribution in [2.75, 3.05) is 38.1 Å². The van der Waals surface area contributed by atoms with E-state index in [4.69, 9.17) is 0 Å². The van der Waals surface area contributed by atoms with Crippen molar-refractivity contribution in [2.45, 2.75) is 19.8 Å². The van der Waals surface area contributed by atoms with Gasteiger partial charge in [0.2, 0.25) is 5.95 Å². The zero-order chi connectivity index (χ0) is 12.5. The SMILES string of the molecule is Cc1cnc(N2CCC(C3CN(C)C3)CC2)nc1. The lowest BCUT2D eigenvalue weighted by molar-refractivity contribution is 0.0712. The highest BCUT2D eigenvalue weighted by Gasteiger charge is 2.33. The lowest BCUT2D eigenvalue weighted by Gasteiger charge is -2.44. The molecule has 18 heavy (non-hydrogen) atoms. The highest BCUT2D eigenvalue weighted by Crippen LogP contribution is 2.31. The van der Waals surface area contributed by atoms with Crippen LogP contribution in [0.15, 0.2) is 12.4 Å². The molecule has 2 aliphatic heterocycles. The van der Waals surface area contributed by atoms with Crippen LogP contribution in [0.3, 0.4) is 0 Å². The summed E-state index contributed by atoms with van der Waals surface area (Å²) < 4.78 is 0. The number of aryl methyl sites for hydroxylation is 1. The van der Waals surface area contributed by atoms with Gasteiger partial charge in [-0.25, -0.2) is 9.97 Å². The summed E-state index contributed by atoms with van der Waals surface area (Å²) in [6, 6.07) is 0. The summed E-state index contributed by atoms with van der Waals surface area (Å²) in [5, 5.41) is 0. The fourth-order valence-electron chi connectivity index (χ4n) is 3.17. The number of nitrogens with zero attached hydrogens (tertiary/aromatic N) is 4. The van der Waals surface area contributed by atoms with Crippen molar-refractivity contribution in [2.24, 2.45) is 11.8 Å². The highest BCUT2D eigenvalue weighted by atomic mass is 15.3. The number of piperidine rings is 1. The Balaban J connectivity index is 1.55. The second-order valence-corrected chi connectivity index (χ2v) is 5.87. The van der Waals surface area contributed by atoms with E-state index in [2.05, 4.69) is 26.8 Å². The summed E-state index contributed by atoms with van der Waals surface area (Å²) in [6.45, 7) is 6.86. The molecule has 0 atom stereocenters. The van der Waals surface area contributed by atoms with Crippen molar-refractivity contribution in [1.29, 1.82) is 0 Å². The standard InChI is InChI=1S/C14H22N4/c1-11-7-15-14(16-8-11)18-5-3-12(4-6-18)13-9-17(2)10-13/h7-8,12-13H,3-6,9-10H2,1-2H3. The van der Waals surface area contributed by atoms with Crippen molar-refractivity contribution in [3.63, 3.8) is 0 Å². The third kappa shape index (κ3) is 2.34. The second kappa shape index (κ2) is 4.84. The van der Waals surface area contributed by atoms with Crippen LogP contribution in [0.4, 0.5) is 5.95 Å². The van der Waals surface area contributed by atoms with Gasteiger partial charge < -0.3 is 9.80 Å².